The van der Waals surface area contributed by atoms with Crippen LogP contribution in [0.3, 0.4) is 0 Å². The first kappa shape index (κ1) is 23.2. The van der Waals surface area contributed by atoms with Gasteiger partial charge in [-0.2, -0.15) is 0 Å². The van der Waals surface area contributed by atoms with E-state index in [1.165, 1.54) is 13.8 Å². The number of hydrogen-bond acceptors (Lipinski definition) is 6. The summed E-state index contributed by atoms with van der Waals surface area (Å²) >= 11 is 0. The van der Waals surface area contributed by atoms with Gasteiger partial charge < -0.3 is 19.5 Å². The maximum Gasteiger partial charge on any atom is 0.308 e. The monoisotopic (exact) mass is 469 g/mol. The SMILES string of the molecule is CC(=O)Oc1cc2c(c3c1C[C@]1(C)[C@@H](C)CC[C@H]4C(C)(C)[C@@H](OC(C)=O)CC[C@]41O3)CNC2=O. The second kappa shape index (κ2) is 7.46. The quantitative estimate of drug-likeness (QED) is 0.512. The minimum atomic E-state index is -0.466. The van der Waals surface area contributed by atoms with Gasteiger partial charge in [0.1, 0.15) is 23.2 Å². The molecule has 5 atom stereocenters. The van der Waals surface area contributed by atoms with Crippen molar-refractivity contribution in [3.8, 4) is 11.5 Å². The summed E-state index contributed by atoms with van der Waals surface area (Å²) in [6.07, 6.45) is 4.07. The van der Waals surface area contributed by atoms with Gasteiger partial charge in [0, 0.05) is 48.3 Å². The highest BCUT2D eigenvalue weighted by atomic mass is 16.5. The Morgan fingerprint density at radius 2 is 1.82 bits per heavy atom. The Labute approximate surface area is 200 Å². The topological polar surface area (TPSA) is 90.9 Å². The fourth-order valence-corrected chi connectivity index (χ4v) is 7.58. The molecule has 1 aromatic rings. The van der Waals surface area contributed by atoms with Crippen molar-refractivity contribution >= 4 is 17.8 Å². The highest BCUT2D eigenvalue weighted by molar-refractivity contribution is 6.00. The fourth-order valence-electron chi connectivity index (χ4n) is 7.58. The van der Waals surface area contributed by atoms with E-state index >= 15 is 0 Å². The zero-order valence-corrected chi connectivity index (χ0v) is 21.0. The van der Waals surface area contributed by atoms with E-state index < -0.39 is 11.6 Å². The standard InChI is InChI=1S/C27H35NO6/c1-14-7-8-21-25(4,5)22(33-16(3)30)9-10-27(21)26(14,6)12-18-20(32-15(2)29)11-17-19(23(18)34-27)13-28-24(17)31/h11,14,21-22H,7-10,12-13H2,1-6H3,(H,28,31)/t14-,21-,22-,26+,27-/m0/s1. The number of rotatable bonds is 2. The summed E-state index contributed by atoms with van der Waals surface area (Å²) in [5.41, 5.74) is 1.30. The van der Waals surface area contributed by atoms with Crippen molar-refractivity contribution in [3.63, 3.8) is 0 Å². The molecule has 1 spiro atoms. The van der Waals surface area contributed by atoms with Gasteiger partial charge >= 0.3 is 11.9 Å². The van der Waals surface area contributed by atoms with E-state index in [0.29, 0.717) is 35.9 Å². The first-order valence-electron chi connectivity index (χ1n) is 12.4. The van der Waals surface area contributed by atoms with Crippen molar-refractivity contribution < 1.29 is 28.6 Å². The van der Waals surface area contributed by atoms with Gasteiger partial charge in [0.15, 0.2) is 0 Å². The molecule has 4 aliphatic rings. The number of carbonyl (C=O) groups excluding carboxylic acids is 3. The van der Waals surface area contributed by atoms with Crippen LogP contribution in [0.25, 0.3) is 0 Å². The minimum absolute atomic E-state index is 0.162. The van der Waals surface area contributed by atoms with Crippen LogP contribution in [0.15, 0.2) is 6.07 Å². The van der Waals surface area contributed by atoms with Gasteiger partial charge in [-0.05, 0) is 44.1 Å². The molecular weight excluding hydrogens is 434 g/mol. The van der Waals surface area contributed by atoms with Crippen LogP contribution >= 0.6 is 0 Å². The molecular formula is C27H35NO6. The van der Waals surface area contributed by atoms with Gasteiger partial charge in [-0.1, -0.05) is 27.7 Å². The van der Waals surface area contributed by atoms with Crippen LogP contribution in [0.2, 0.25) is 0 Å². The van der Waals surface area contributed by atoms with E-state index in [9.17, 15) is 14.4 Å². The number of hydrogen-bond donors (Lipinski definition) is 1. The molecule has 0 saturated heterocycles. The molecule has 2 heterocycles. The number of amides is 1. The summed E-state index contributed by atoms with van der Waals surface area (Å²) in [6.45, 7) is 12.3. The third kappa shape index (κ3) is 3.04. The highest BCUT2D eigenvalue weighted by Gasteiger charge is 2.68. The molecule has 1 aromatic carbocycles. The first-order valence-corrected chi connectivity index (χ1v) is 12.4. The Balaban J connectivity index is 1.68. The summed E-state index contributed by atoms with van der Waals surface area (Å²) in [4.78, 5) is 36.4. The van der Waals surface area contributed by atoms with Crippen molar-refractivity contribution in [2.24, 2.45) is 22.7 Å². The summed E-state index contributed by atoms with van der Waals surface area (Å²) < 4.78 is 18.6. The van der Waals surface area contributed by atoms with Crippen LogP contribution in [0.1, 0.15) is 88.7 Å². The Bertz CT molecular complexity index is 1090. The number of nitrogens with one attached hydrogen (secondary N) is 1. The third-order valence-corrected chi connectivity index (χ3v) is 9.52. The van der Waals surface area contributed by atoms with E-state index in [-0.39, 0.29) is 34.7 Å². The lowest BCUT2D eigenvalue weighted by Crippen LogP contribution is -2.70. The largest absolute Gasteiger partial charge is 0.486 e. The molecule has 1 N–H and O–H groups in total. The molecule has 2 aliphatic carbocycles. The molecule has 0 radical (unpaired) electrons. The number of carbonyl (C=O) groups is 3. The smallest absolute Gasteiger partial charge is 0.308 e. The number of ether oxygens (including phenoxy) is 3. The number of benzene rings is 1. The minimum Gasteiger partial charge on any atom is -0.486 e. The van der Waals surface area contributed by atoms with Crippen LogP contribution < -0.4 is 14.8 Å². The van der Waals surface area contributed by atoms with Crippen molar-refractivity contribution in [2.45, 2.75) is 91.9 Å². The average Bonchev–Trinajstić information content (AvgIpc) is 3.10. The van der Waals surface area contributed by atoms with Gasteiger partial charge in [-0.3, -0.25) is 14.4 Å². The summed E-state index contributed by atoms with van der Waals surface area (Å²) in [6, 6.07) is 1.70. The maximum absolute atomic E-state index is 12.6. The van der Waals surface area contributed by atoms with Gasteiger partial charge in [-0.25, -0.2) is 0 Å². The maximum atomic E-state index is 12.6. The summed E-state index contributed by atoms with van der Waals surface area (Å²) in [5.74, 6) is 0.852. The lowest BCUT2D eigenvalue weighted by atomic mass is 9.43. The number of fused-ring (bicyclic) bond motifs is 3. The van der Waals surface area contributed by atoms with E-state index in [4.69, 9.17) is 14.2 Å². The Kier molecular flexibility index (Phi) is 5.09. The predicted octanol–water partition coefficient (Wildman–Crippen LogP) is 4.33. The zero-order chi connectivity index (χ0) is 24.6. The fraction of sp³-hybridized carbons (Fsp3) is 0.667. The van der Waals surface area contributed by atoms with Crippen LogP contribution in [0.5, 0.6) is 11.5 Å². The summed E-state index contributed by atoms with van der Waals surface area (Å²) in [5, 5.41) is 2.90. The van der Waals surface area contributed by atoms with Crippen LogP contribution in [0, 0.1) is 22.7 Å². The summed E-state index contributed by atoms with van der Waals surface area (Å²) in [7, 11) is 0. The normalized spacial score (nSPS) is 35.0. The molecule has 2 saturated carbocycles. The molecule has 184 valence electrons. The average molecular weight is 470 g/mol. The third-order valence-electron chi connectivity index (χ3n) is 9.52. The van der Waals surface area contributed by atoms with E-state index in [2.05, 4.69) is 33.0 Å². The molecule has 0 unspecified atom stereocenters. The highest BCUT2D eigenvalue weighted by Crippen LogP contribution is 2.67. The number of esters is 2. The van der Waals surface area contributed by atoms with Crippen LogP contribution in [-0.4, -0.2) is 29.6 Å². The van der Waals surface area contributed by atoms with Crippen molar-refractivity contribution in [2.75, 3.05) is 0 Å². The van der Waals surface area contributed by atoms with Crippen LogP contribution in [0.4, 0.5) is 0 Å². The lowest BCUT2D eigenvalue weighted by molar-refractivity contribution is -0.238. The van der Waals surface area contributed by atoms with Crippen molar-refractivity contribution in [3.05, 3.63) is 22.8 Å². The van der Waals surface area contributed by atoms with Crippen LogP contribution in [-0.2, 0) is 27.3 Å². The van der Waals surface area contributed by atoms with Crippen molar-refractivity contribution in [1.29, 1.82) is 0 Å². The second-order valence-corrected chi connectivity index (χ2v) is 11.6. The molecule has 2 fully saturated rings. The molecule has 1 amide bonds. The lowest BCUT2D eigenvalue weighted by Gasteiger charge is -2.67. The van der Waals surface area contributed by atoms with Gasteiger partial charge in [0.2, 0.25) is 0 Å². The molecule has 34 heavy (non-hydrogen) atoms. The molecule has 5 rings (SSSR count). The Morgan fingerprint density at radius 3 is 2.50 bits per heavy atom. The Hall–Kier alpha value is -2.57. The molecule has 0 bridgehead atoms. The molecule has 7 nitrogen and oxygen atoms in total. The van der Waals surface area contributed by atoms with Gasteiger partial charge in [0.25, 0.3) is 5.91 Å². The van der Waals surface area contributed by atoms with E-state index in [0.717, 1.165) is 36.8 Å². The van der Waals surface area contributed by atoms with Gasteiger partial charge in [-0.15, -0.1) is 0 Å². The van der Waals surface area contributed by atoms with Crippen molar-refractivity contribution in [1.82, 2.24) is 5.32 Å². The zero-order valence-electron chi connectivity index (χ0n) is 21.0. The predicted molar refractivity (Wildman–Crippen MR) is 125 cm³/mol. The molecule has 2 aliphatic heterocycles. The van der Waals surface area contributed by atoms with E-state index in [1.807, 2.05) is 0 Å². The van der Waals surface area contributed by atoms with E-state index in [1.54, 1.807) is 6.07 Å². The molecule has 7 heteroatoms. The van der Waals surface area contributed by atoms with Gasteiger partial charge in [0.05, 0.1) is 5.56 Å². The molecule has 0 aromatic heterocycles. The first-order chi connectivity index (χ1) is 15.9. The second-order valence-electron chi connectivity index (χ2n) is 11.6. The Morgan fingerprint density at radius 1 is 1.09 bits per heavy atom.